The van der Waals surface area contributed by atoms with E-state index in [4.69, 9.17) is 4.65 Å². The van der Waals surface area contributed by atoms with Crippen molar-refractivity contribution in [3.63, 3.8) is 0 Å². The average Bonchev–Trinajstić information content (AvgIpc) is 3.10. The largest absolute Gasteiger partial charge is 0.427 e. The van der Waals surface area contributed by atoms with E-state index < -0.39 is 11.2 Å². The lowest BCUT2D eigenvalue weighted by Crippen LogP contribution is -2.49. The Bertz CT molecular complexity index is 1410. The summed E-state index contributed by atoms with van der Waals surface area (Å²) < 4.78 is 8.72. The van der Waals surface area contributed by atoms with Gasteiger partial charge in [-0.15, -0.1) is 11.3 Å². The molecule has 1 N–H and O–H groups in total. The summed E-state index contributed by atoms with van der Waals surface area (Å²) in [5, 5.41) is 18.0. The fourth-order valence-corrected chi connectivity index (χ4v) is 5.16. The predicted octanol–water partition coefficient (Wildman–Crippen LogP) is 6.17. The fraction of sp³-hybridized carbons (Fsp3) is 0.231. The topological polar surface area (TPSA) is 29.5 Å². The van der Waals surface area contributed by atoms with Crippen molar-refractivity contribution in [1.82, 2.24) is 0 Å². The molecule has 0 unspecified atom stereocenters. The van der Waals surface area contributed by atoms with Crippen LogP contribution in [0.5, 0.6) is 0 Å². The number of rotatable bonds is 4. The molecule has 0 saturated heterocycles. The first-order chi connectivity index (χ1) is 14.3. The van der Waals surface area contributed by atoms with E-state index in [-0.39, 0.29) is 0 Å². The van der Waals surface area contributed by atoms with Gasteiger partial charge in [0.05, 0.1) is 11.2 Å². The summed E-state index contributed by atoms with van der Waals surface area (Å²) in [6.45, 7) is 7.40. The zero-order chi connectivity index (χ0) is 21.1. The third-order valence-electron chi connectivity index (χ3n) is 6.34. The lowest BCUT2D eigenvalue weighted by Gasteiger charge is -2.37. The monoisotopic (exact) mass is 411 g/mol. The van der Waals surface area contributed by atoms with Crippen molar-refractivity contribution in [2.24, 2.45) is 0 Å². The summed E-state index contributed by atoms with van der Waals surface area (Å²) in [5.74, 6) is 0. The molecule has 0 saturated carbocycles. The van der Waals surface area contributed by atoms with E-state index in [0.717, 1.165) is 5.46 Å². The molecule has 4 aromatic carbocycles. The minimum absolute atomic E-state index is 0.719. The van der Waals surface area contributed by atoms with Crippen molar-refractivity contribution < 1.29 is 9.76 Å². The molecule has 1 heterocycles. The van der Waals surface area contributed by atoms with Crippen molar-refractivity contribution in [3.8, 4) is 0 Å². The van der Waals surface area contributed by atoms with Crippen molar-refractivity contribution in [2.45, 2.75) is 38.9 Å². The third-order valence-corrected chi connectivity index (χ3v) is 7.53. The summed E-state index contributed by atoms with van der Waals surface area (Å²) >= 11 is 1.83. The fourth-order valence-electron chi connectivity index (χ4n) is 3.86. The molecule has 0 aliphatic rings. The Morgan fingerprint density at radius 1 is 0.800 bits per heavy atom. The molecule has 1 radical (unpaired) electrons. The van der Waals surface area contributed by atoms with E-state index in [1.807, 2.05) is 32.7 Å². The highest BCUT2D eigenvalue weighted by Gasteiger charge is 2.36. The maximum atomic E-state index is 10.5. The number of fused-ring (bicyclic) bond motifs is 7. The Balaban J connectivity index is 1.81. The van der Waals surface area contributed by atoms with Gasteiger partial charge >= 0.3 is 7.48 Å². The number of hydrogen-bond donors (Lipinski definition) is 1. The smallest absolute Gasteiger partial charge is 0.331 e. The van der Waals surface area contributed by atoms with Gasteiger partial charge < -0.3 is 9.76 Å². The van der Waals surface area contributed by atoms with Gasteiger partial charge in [0, 0.05) is 14.8 Å². The van der Waals surface area contributed by atoms with Crippen LogP contribution in [0.15, 0.2) is 66.7 Å². The van der Waals surface area contributed by atoms with Gasteiger partial charge in [0.25, 0.3) is 0 Å². The zero-order valence-electron chi connectivity index (χ0n) is 17.7. The molecular formula is C26H24BO2S. The molecule has 30 heavy (non-hydrogen) atoms. The maximum Gasteiger partial charge on any atom is 0.331 e. The number of benzene rings is 4. The van der Waals surface area contributed by atoms with Crippen LogP contribution in [0.25, 0.3) is 41.7 Å². The SMILES string of the molecule is CC(C)(O)C(C)(C)O[B]c1cc2ccc3ccccc3c2c2sc3ccccc3c12. The van der Waals surface area contributed by atoms with E-state index in [1.165, 1.54) is 41.7 Å². The van der Waals surface area contributed by atoms with Gasteiger partial charge in [-0.3, -0.25) is 0 Å². The molecule has 1 aromatic heterocycles. The van der Waals surface area contributed by atoms with Crippen LogP contribution >= 0.6 is 11.3 Å². The molecule has 0 amide bonds. The van der Waals surface area contributed by atoms with Crippen LogP contribution in [-0.4, -0.2) is 23.8 Å². The number of hydrogen-bond acceptors (Lipinski definition) is 3. The van der Waals surface area contributed by atoms with E-state index >= 15 is 0 Å². The Morgan fingerprint density at radius 3 is 2.23 bits per heavy atom. The standard InChI is InChI=1S/C26H24BO2S/c1-25(2,28)26(3,4)29-27-20-15-17-14-13-16-9-5-6-10-18(16)22(17)24-23(20)19-11-7-8-12-21(19)30-24/h5-15,28H,1-4H3. The lowest BCUT2D eigenvalue weighted by molar-refractivity contribution is -0.0893. The van der Waals surface area contributed by atoms with Crippen molar-refractivity contribution in [2.75, 3.05) is 0 Å². The van der Waals surface area contributed by atoms with Gasteiger partial charge in [-0.05, 0) is 66.2 Å². The normalized spacial score (nSPS) is 13.0. The summed E-state index contributed by atoms with van der Waals surface area (Å²) in [7, 11) is 1.83. The second-order valence-electron chi connectivity index (χ2n) is 8.96. The third kappa shape index (κ3) is 3.02. The quantitative estimate of drug-likeness (QED) is 0.283. The van der Waals surface area contributed by atoms with Crippen LogP contribution in [0, 0.1) is 0 Å². The van der Waals surface area contributed by atoms with Crippen molar-refractivity contribution in [3.05, 3.63) is 66.7 Å². The average molecular weight is 411 g/mol. The van der Waals surface area contributed by atoms with Crippen molar-refractivity contribution in [1.29, 1.82) is 0 Å². The summed E-state index contributed by atoms with van der Waals surface area (Å²) in [4.78, 5) is 0. The predicted molar refractivity (Wildman–Crippen MR) is 131 cm³/mol. The van der Waals surface area contributed by atoms with Crippen LogP contribution in [0.1, 0.15) is 27.7 Å². The molecule has 0 aliphatic heterocycles. The maximum absolute atomic E-state index is 10.5. The molecular weight excluding hydrogens is 387 g/mol. The minimum Gasteiger partial charge on any atom is -0.427 e. The molecule has 0 atom stereocenters. The molecule has 0 spiro atoms. The molecule has 149 valence electrons. The molecule has 5 rings (SSSR count). The minimum atomic E-state index is -0.966. The highest BCUT2D eigenvalue weighted by atomic mass is 32.1. The molecule has 2 nitrogen and oxygen atoms in total. The second-order valence-corrected chi connectivity index (χ2v) is 10.0. The zero-order valence-corrected chi connectivity index (χ0v) is 18.5. The Kier molecular flexibility index (Phi) is 4.44. The molecule has 0 fully saturated rings. The molecule has 5 aromatic rings. The second kappa shape index (κ2) is 6.81. The summed E-state index contributed by atoms with van der Waals surface area (Å²) in [6, 6.07) is 23.7. The first-order valence-electron chi connectivity index (χ1n) is 10.3. The van der Waals surface area contributed by atoms with Gasteiger partial charge in [-0.2, -0.15) is 0 Å². The van der Waals surface area contributed by atoms with Crippen LogP contribution in [0.2, 0.25) is 0 Å². The number of thiophene rings is 1. The van der Waals surface area contributed by atoms with Crippen molar-refractivity contribution >= 4 is 66.0 Å². The van der Waals surface area contributed by atoms with Crippen LogP contribution in [0.3, 0.4) is 0 Å². The van der Waals surface area contributed by atoms with Crippen LogP contribution in [0.4, 0.5) is 0 Å². The molecule has 0 bridgehead atoms. The number of aliphatic hydroxyl groups is 1. The summed E-state index contributed by atoms with van der Waals surface area (Å²) in [6.07, 6.45) is 0. The van der Waals surface area contributed by atoms with Gasteiger partial charge in [-0.25, -0.2) is 0 Å². The Hall–Kier alpha value is -2.40. The lowest BCUT2D eigenvalue weighted by atomic mass is 9.79. The molecule has 4 heteroatoms. The highest BCUT2D eigenvalue weighted by molar-refractivity contribution is 7.27. The van der Waals surface area contributed by atoms with E-state index in [9.17, 15) is 5.11 Å². The van der Waals surface area contributed by atoms with Gasteiger partial charge in [-0.1, -0.05) is 60.7 Å². The van der Waals surface area contributed by atoms with Gasteiger partial charge in [0.1, 0.15) is 0 Å². The summed E-state index contributed by atoms with van der Waals surface area (Å²) in [5.41, 5.74) is -0.641. The van der Waals surface area contributed by atoms with E-state index in [1.54, 1.807) is 13.8 Å². The Morgan fingerprint density at radius 2 is 1.47 bits per heavy atom. The van der Waals surface area contributed by atoms with Crippen LogP contribution < -0.4 is 5.46 Å². The first kappa shape index (κ1) is 19.6. The van der Waals surface area contributed by atoms with Gasteiger partial charge in [0.15, 0.2) is 0 Å². The first-order valence-corrected chi connectivity index (χ1v) is 11.1. The van der Waals surface area contributed by atoms with E-state index in [2.05, 4.69) is 66.7 Å². The van der Waals surface area contributed by atoms with E-state index in [0.29, 0.717) is 0 Å². The molecule has 0 aliphatic carbocycles. The van der Waals surface area contributed by atoms with Gasteiger partial charge in [0.2, 0.25) is 0 Å². The highest BCUT2D eigenvalue weighted by Crippen LogP contribution is 2.40. The Labute approximate surface area is 181 Å². The van der Waals surface area contributed by atoms with Crippen LogP contribution in [-0.2, 0) is 4.65 Å².